The van der Waals surface area contributed by atoms with Gasteiger partial charge in [-0.05, 0) is 35.7 Å². The van der Waals surface area contributed by atoms with Gasteiger partial charge >= 0.3 is 0 Å². The molecule has 0 atom stereocenters. The molecule has 29 heavy (non-hydrogen) atoms. The standard InChI is InChI=1S/C24H21NO3S/c1-17(2)18-12-14-20(15-13-18)25-16-23(24(26)19-8-4-3-5-9-19)29(27,28)22-11-7-6-10-21(22)25/h3-17H,1-2H3. The average Bonchev–Trinajstić information content (AvgIpc) is 2.74. The van der Waals surface area contributed by atoms with E-state index in [0.717, 1.165) is 5.69 Å². The third-order valence-corrected chi connectivity index (χ3v) is 6.84. The van der Waals surface area contributed by atoms with E-state index in [9.17, 15) is 13.2 Å². The van der Waals surface area contributed by atoms with Crippen molar-refractivity contribution in [1.82, 2.24) is 0 Å². The number of carbonyl (C=O) groups is 1. The van der Waals surface area contributed by atoms with Crippen molar-refractivity contribution in [2.24, 2.45) is 0 Å². The topological polar surface area (TPSA) is 54.5 Å². The number of carbonyl (C=O) groups excluding carboxylic acids is 1. The quantitative estimate of drug-likeness (QED) is 0.543. The molecule has 1 aliphatic heterocycles. The number of ketones is 1. The number of Topliss-reactive ketones (excluding diaryl/α,β-unsaturated/α-hetero) is 1. The van der Waals surface area contributed by atoms with Gasteiger partial charge in [-0.15, -0.1) is 0 Å². The van der Waals surface area contributed by atoms with Gasteiger partial charge in [0.1, 0.15) is 4.91 Å². The Morgan fingerprint density at radius 3 is 2.10 bits per heavy atom. The molecular weight excluding hydrogens is 382 g/mol. The Balaban J connectivity index is 1.88. The van der Waals surface area contributed by atoms with E-state index >= 15 is 0 Å². The molecule has 0 aromatic heterocycles. The van der Waals surface area contributed by atoms with Crippen LogP contribution in [0.5, 0.6) is 0 Å². The molecule has 1 aliphatic rings. The summed E-state index contributed by atoms with van der Waals surface area (Å²) < 4.78 is 26.4. The van der Waals surface area contributed by atoms with Crippen LogP contribution in [0.25, 0.3) is 0 Å². The maximum atomic E-state index is 13.2. The lowest BCUT2D eigenvalue weighted by Gasteiger charge is -2.29. The molecule has 3 aromatic rings. The first-order valence-electron chi connectivity index (χ1n) is 9.44. The number of nitrogens with zero attached hydrogens (tertiary/aromatic N) is 1. The van der Waals surface area contributed by atoms with E-state index < -0.39 is 15.6 Å². The molecule has 0 saturated carbocycles. The summed E-state index contributed by atoms with van der Waals surface area (Å²) in [6, 6.07) is 23.2. The number of allylic oxidation sites excluding steroid dienone is 1. The van der Waals surface area contributed by atoms with Crippen LogP contribution in [0.1, 0.15) is 35.7 Å². The molecule has 0 aliphatic carbocycles. The highest BCUT2D eigenvalue weighted by Crippen LogP contribution is 2.40. The van der Waals surface area contributed by atoms with E-state index in [1.165, 1.54) is 11.8 Å². The number of para-hydroxylation sites is 1. The molecule has 0 spiro atoms. The fourth-order valence-electron chi connectivity index (χ4n) is 3.40. The SMILES string of the molecule is CC(C)c1ccc(N2C=C(C(=O)c3ccccc3)S(=O)(=O)c3ccccc32)cc1. The second-order valence-corrected chi connectivity index (χ2v) is 9.16. The van der Waals surface area contributed by atoms with Crippen LogP contribution in [0.3, 0.4) is 0 Å². The first-order chi connectivity index (χ1) is 13.9. The molecule has 1 heterocycles. The Labute approximate surface area is 171 Å². The minimum atomic E-state index is -3.92. The van der Waals surface area contributed by atoms with Gasteiger partial charge in [0.05, 0.1) is 10.6 Å². The van der Waals surface area contributed by atoms with Gasteiger partial charge in [0.2, 0.25) is 15.6 Å². The summed E-state index contributed by atoms with van der Waals surface area (Å²) in [6.07, 6.45) is 1.44. The van der Waals surface area contributed by atoms with Crippen molar-refractivity contribution in [3.63, 3.8) is 0 Å². The predicted molar refractivity (Wildman–Crippen MR) is 115 cm³/mol. The minimum absolute atomic E-state index is 0.134. The van der Waals surface area contributed by atoms with Crippen LogP contribution < -0.4 is 4.90 Å². The summed E-state index contributed by atoms with van der Waals surface area (Å²) in [5.74, 6) is -0.118. The van der Waals surface area contributed by atoms with Crippen LogP contribution in [0.15, 0.2) is 94.9 Å². The zero-order chi connectivity index (χ0) is 20.6. The summed E-state index contributed by atoms with van der Waals surface area (Å²) >= 11 is 0. The number of fused-ring (bicyclic) bond motifs is 1. The number of anilines is 2. The molecule has 0 unspecified atom stereocenters. The molecule has 3 aromatic carbocycles. The molecule has 0 saturated heterocycles. The van der Waals surface area contributed by atoms with E-state index in [0.29, 0.717) is 17.2 Å². The van der Waals surface area contributed by atoms with E-state index in [-0.39, 0.29) is 9.80 Å². The second-order valence-electron chi connectivity index (χ2n) is 7.28. The van der Waals surface area contributed by atoms with Gasteiger partial charge < -0.3 is 4.90 Å². The van der Waals surface area contributed by atoms with Gasteiger partial charge in [-0.2, -0.15) is 0 Å². The van der Waals surface area contributed by atoms with Gasteiger partial charge in [0, 0.05) is 17.5 Å². The third kappa shape index (κ3) is 3.38. The number of hydrogen-bond acceptors (Lipinski definition) is 4. The number of rotatable bonds is 4. The first kappa shape index (κ1) is 19.2. The molecule has 146 valence electrons. The van der Waals surface area contributed by atoms with Crippen molar-refractivity contribution in [3.05, 3.63) is 101 Å². The maximum Gasteiger partial charge on any atom is 0.214 e. The lowest BCUT2D eigenvalue weighted by atomic mass is 10.0. The van der Waals surface area contributed by atoms with Crippen LogP contribution in [-0.4, -0.2) is 14.2 Å². The molecule has 0 bridgehead atoms. The normalized spacial score (nSPS) is 15.0. The van der Waals surface area contributed by atoms with E-state index in [4.69, 9.17) is 0 Å². The first-order valence-corrected chi connectivity index (χ1v) is 10.9. The molecule has 0 radical (unpaired) electrons. The van der Waals surface area contributed by atoms with Crippen LogP contribution in [0.4, 0.5) is 11.4 Å². The van der Waals surface area contributed by atoms with Gasteiger partial charge in [-0.1, -0.05) is 68.4 Å². The highest BCUT2D eigenvalue weighted by molar-refractivity contribution is 7.96. The van der Waals surface area contributed by atoms with Gasteiger partial charge in [0.25, 0.3) is 0 Å². The molecule has 0 fully saturated rings. The summed E-state index contributed by atoms with van der Waals surface area (Å²) in [5.41, 5.74) is 2.87. The average molecular weight is 404 g/mol. The molecule has 4 rings (SSSR count). The third-order valence-electron chi connectivity index (χ3n) is 5.05. The number of hydrogen-bond donors (Lipinski definition) is 0. The number of sulfone groups is 1. The van der Waals surface area contributed by atoms with E-state index in [1.807, 2.05) is 24.3 Å². The minimum Gasteiger partial charge on any atom is -0.314 e. The van der Waals surface area contributed by atoms with Crippen molar-refractivity contribution in [2.75, 3.05) is 4.90 Å². The molecule has 0 amide bonds. The predicted octanol–water partition coefficient (Wildman–Crippen LogP) is 5.46. The summed E-state index contributed by atoms with van der Waals surface area (Å²) in [6.45, 7) is 4.24. The monoisotopic (exact) mass is 403 g/mol. The summed E-state index contributed by atoms with van der Waals surface area (Å²) in [4.78, 5) is 14.8. The van der Waals surface area contributed by atoms with Gasteiger partial charge in [-0.3, -0.25) is 4.79 Å². The summed E-state index contributed by atoms with van der Waals surface area (Å²) in [5, 5.41) is 0. The zero-order valence-electron chi connectivity index (χ0n) is 16.2. The number of benzene rings is 3. The molecular formula is C24H21NO3S. The Bertz CT molecular complexity index is 1190. The van der Waals surface area contributed by atoms with Crippen LogP contribution in [-0.2, 0) is 9.84 Å². The van der Waals surface area contributed by atoms with E-state index in [1.54, 1.807) is 59.5 Å². The van der Waals surface area contributed by atoms with Crippen LogP contribution in [0, 0.1) is 0 Å². The van der Waals surface area contributed by atoms with E-state index in [2.05, 4.69) is 13.8 Å². The van der Waals surface area contributed by atoms with Crippen molar-refractivity contribution < 1.29 is 13.2 Å². The highest BCUT2D eigenvalue weighted by atomic mass is 32.2. The summed E-state index contributed by atoms with van der Waals surface area (Å²) in [7, 11) is -3.92. The van der Waals surface area contributed by atoms with Crippen LogP contribution in [0.2, 0.25) is 0 Å². The largest absolute Gasteiger partial charge is 0.314 e. The Kier molecular flexibility index (Phi) is 4.84. The Morgan fingerprint density at radius 2 is 1.45 bits per heavy atom. The van der Waals surface area contributed by atoms with Crippen molar-refractivity contribution in [2.45, 2.75) is 24.7 Å². The van der Waals surface area contributed by atoms with Crippen LogP contribution >= 0.6 is 0 Å². The molecule has 4 nitrogen and oxygen atoms in total. The molecule has 0 N–H and O–H groups in total. The highest BCUT2D eigenvalue weighted by Gasteiger charge is 2.35. The van der Waals surface area contributed by atoms with Gasteiger partial charge in [-0.25, -0.2) is 8.42 Å². The zero-order valence-corrected chi connectivity index (χ0v) is 17.1. The van der Waals surface area contributed by atoms with Gasteiger partial charge in [0.15, 0.2) is 0 Å². The van der Waals surface area contributed by atoms with Crippen molar-refractivity contribution in [3.8, 4) is 0 Å². The second kappa shape index (κ2) is 7.33. The maximum absolute atomic E-state index is 13.2. The Hall–Kier alpha value is -3.18. The van der Waals surface area contributed by atoms with Crippen molar-refractivity contribution >= 4 is 27.0 Å². The lowest BCUT2D eigenvalue weighted by Crippen LogP contribution is -2.25. The smallest absolute Gasteiger partial charge is 0.214 e. The fraction of sp³-hybridized carbons (Fsp3) is 0.125. The lowest BCUT2D eigenvalue weighted by molar-refractivity contribution is 0.104. The molecule has 5 heteroatoms. The Morgan fingerprint density at radius 1 is 0.828 bits per heavy atom. The fourth-order valence-corrected chi connectivity index (χ4v) is 4.95. The van der Waals surface area contributed by atoms with Crippen molar-refractivity contribution in [1.29, 1.82) is 0 Å².